The van der Waals surface area contributed by atoms with Gasteiger partial charge in [-0.2, -0.15) is 0 Å². The Hall–Kier alpha value is -3.48. The topological polar surface area (TPSA) is 75.7 Å². The number of hydrogen-bond donors (Lipinski definition) is 0. The van der Waals surface area contributed by atoms with Gasteiger partial charge >= 0.3 is 5.76 Å². The van der Waals surface area contributed by atoms with Crippen molar-refractivity contribution >= 4 is 22.0 Å². The number of rotatable bonds is 6. The normalized spacial score (nSPS) is 11.0. The van der Waals surface area contributed by atoms with Gasteiger partial charge in [0.15, 0.2) is 5.58 Å². The molecule has 27 heavy (non-hydrogen) atoms. The summed E-state index contributed by atoms with van der Waals surface area (Å²) in [6.45, 7) is 0.670. The van der Waals surface area contributed by atoms with Gasteiger partial charge in [0.1, 0.15) is 23.9 Å². The molecule has 0 unspecified atom stereocenters. The van der Waals surface area contributed by atoms with Crippen molar-refractivity contribution in [2.45, 2.75) is 6.54 Å². The summed E-state index contributed by atoms with van der Waals surface area (Å²) in [4.78, 5) is 16.5. The van der Waals surface area contributed by atoms with Gasteiger partial charge in [0.2, 0.25) is 0 Å². The molecule has 0 radical (unpaired) electrons. The Balaban J connectivity index is 1.55. The van der Waals surface area contributed by atoms with Crippen molar-refractivity contribution in [2.24, 2.45) is 0 Å². The third kappa shape index (κ3) is 3.19. The molecule has 138 valence electrons. The highest BCUT2D eigenvalue weighted by molar-refractivity contribution is 5.86. The molecule has 0 N–H and O–H groups in total. The minimum absolute atomic E-state index is 0.311. The van der Waals surface area contributed by atoms with Crippen LogP contribution in [-0.4, -0.2) is 30.4 Å². The van der Waals surface area contributed by atoms with E-state index in [4.69, 9.17) is 18.6 Å². The first-order valence-corrected chi connectivity index (χ1v) is 8.42. The number of hydrogen-bond acceptors (Lipinski definition) is 6. The highest BCUT2D eigenvalue weighted by Gasteiger charge is 2.11. The quantitative estimate of drug-likeness (QED) is 0.521. The van der Waals surface area contributed by atoms with Crippen LogP contribution in [-0.2, 0) is 6.54 Å². The summed E-state index contributed by atoms with van der Waals surface area (Å²) in [5.74, 6) is 1.65. The first-order chi connectivity index (χ1) is 13.2. The summed E-state index contributed by atoms with van der Waals surface area (Å²) < 4.78 is 23.1. The maximum absolute atomic E-state index is 12.1. The molecule has 4 aromatic rings. The molecule has 0 atom stereocenters. The van der Waals surface area contributed by atoms with E-state index in [1.165, 1.54) is 0 Å². The summed E-state index contributed by atoms with van der Waals surface area (Å²) in [5, 5.41) is 0.882. The van der Waals surface area contributed by atoms with Crippen molar-refractivity contribution in [2.75, 3.05) is 20.8 Å². The van der Waals surface area contributed by atoms with Crippen LogP contribution in [0.3, 0.4) is 0 Å². The van der Waals surface area contributed by atoms with Crippen LogP contribution in [0.1, 0.15) is 0 Å². The van der Waals surface area contributed by atoms with Gasteiger partial charge in [-0.05, 0) is 30.3 Å². The van der Waals surface area contributed by atoms with E-state index in [0.29, 0.717) is 35.8 Å². The Morgan fingerprint density at radius 1 is 1.04 bits per heavy atom. The van der Waals surface area contributed by atoms with Crippen LogP contribution < -0.4 is 20.0 Å². The van der Waals surface area contributed by atoms with Gasteiger partial charge < -0.3 is 18.6 Å². The van der Waals surface area contributed by atoms with Crippen LogP contribution in [0.5, 0.6) is 17.2 Å². The molecule has 4 rings (SSSR count). The summed E-state index contributed by atoms with van der Waals surface area (Å²) in [6.07, 6.45) is 1.68. The minimum atomic E-state index is -0.425. The predicted octanol–water partition coefficient (Wildman–Crippen LogP) is 3.24. The fourth-order valence-corrected chi connectivity index (χ4v) is 2.99. The molecule has 2 heterocycles. The lowest BCUT2D eigenvalue weighted by Crippen LogP contribution is -2.18. The molecule has 0 spiro atoms. The van der Waals surface area contributed by atoms with Gasteiger partial charge in [-0.25, -0.2) is 4.79 Å². The fraction of sp³-hybridized carbons (Fsp3) is 0.200. The lowest BCUT2D eigenvalue weighted by atomic mass is 10.2. The van der Waals surface area contributed by atoms with Crippen LogP contribution in [0.4, 0.5) is 0 Å². The third-order valence-corrected chi connectivity index (χ3v) is 4.36. The van der Waals surface area contributed by atoms with Crippen LogP contribution in [0.15, 0.2) is 57.9 Å². The minimum Gasteiger partial charge on any atom is -0.497 e. The van der Waals surface area contributed by atoms with E-state index in [-0.39, 0.29) is 0 Å². The second kappa shape index (κ2) is 7.03. The number of pyridine rings is 1. The average molecular weight is 366 g/mol. The zero-order valence-electron chi connectivity index (χ0n) is 15.0. The van der Waals surface area contributed by atoms with Gasteiger partial charge in [0.05, 0.1) is 31.8 Å². The Kier molecular flexibility index (Phi) is 4.42. The molecule has 2 aromatic carbocycles. The molecule has 0 saturated heterocycles. The van der Waals surface area contributed by atoms with Crippen molar-refractivity contribution in [1.82, 2.24) is 9.55 Å². The number of aromatic nitrogens is 2. The van der Waals surface area contributed by atoms with E-state index < -0.39 is 5.76 Å². The van der Waals surface area contributed by atoms with Crippen molar-refractivity contribution in [3.8, 4) is 17.2 Å². The molecule has 2 aromatic heterocycles. The summed E-state index contributed by atoms with van der Waals surface area (Å²) >= 11 is 0. The Morgan fingerprint density at radius 3 is 2.63 bits per heavy atom. The van der Waals surface area contributed by atoms with Gasteiger partial charge in [-0.3, -0.25) is 9.55 Å². The summed E-state index contributed by atoms with van der Waals surface area (Å²) in [7, 11) is 3.18. The molecule has 0 aliphatic rings. The highest BCUT2D eigenvalue weighted by atomic mass is 16.5. The molecule has 0 aliphatic carbocycles. The first kappa shape index (κ1) is 17.0. The Bertz CT molecular complexity index is 1160. The Morgan fingerprint density at radius 2 is 1.81 bits per heavy atom. The molecule has 0 fully saturated rings. The van der Waals surface area contributed by atoms with Crippen LogP contribution in [0.2, 0.25) is 0 Å². The second-order valence-electron chi connectivity index (χ2n) is 5.89. The third-order valence-electron chi connectivity index (χ3n) is 4.36. The van der Waals surface area contributed by atoms with Crippen LogP contribution >= 0.6 is 0 Å². The van der Waals surface area contributed by atoms with E-state index in [1.54, 1.807) is 49.2 Å². The molecule has 0 amide bonds. The van der Waals surface area contributed by atoms with Crippen LogP contribution in [0.25, 0.3) is 22.0 Å². The van der Waals surface area contributed by atoms with E-state index in [9.17, 15) is 4.79 Å². The zero-order valence-corrected chi connectivity index (χ0v) is 15.0. The molecule has 0 bridgehead atoms. The SMILES string of the molecule is COc1ccc2c(OCCn3c(=O)oc4cc(OC)ccc43)ccnc2c1. The number of ether oxygens (including phenoxy) is 3. The molecular weight excluding hydrogens is 348 g/mol. The number of nitrogens with zero attached hydrogens (tertiary/aromatic N) is 2. The molecule has 0 saturated carbocycles. The first-order valence-electron chi connectivity index (χ1n) is 8.42. The molecule has 0 aliphatic heterocycles. The van der Waals surface area contributed by atoms with Crippen molar-refractivity contribution < 1.29 is 18.6 Å². The standard InChI is InChI=1S/C20H18N2O5/c1-24-13-3-5-15-16(11-13)21-8-7-18(15)26-10-9-22-17-6-4-14(25-2)12-19(17)27-20(22)23/h3-8,11-12H,9-10H2,1-2H3. The number of fused-ring (bicyclic) bond motifs is 2. The van der Waals surface area contributed by atoms with E-state index in [0.717, 1.165) is 16.7 Å². The maximum atomic E-state index is 12.1. The smallest absolute Gasteiger partial charge is 0.420 e. The van der Waals surface area contributed by atoms with Gasteiger partial charge in [-0.15, -0.1) is 0 Å². The van der Waals surface area contributed by atoms with Crippen molar-refractivity contribution in [1.29, 1.82) is 0 Å². The fourth-order valence-electron chi connectivity index (χ4n) is 2.99. The average Bonchev–Trinajstić information content (AvgIpc) is 3.02. The van der Waals surface area contributed by atoms with Crippen molar-refractivity contribution in [3.63, 3.8) is 0 Å². The summed E-state index contributed by atoms with van der Waals surface area (Å²) in [6, 6.07) is 12.7. The maximum Gasteiger partial charge on any atom is 0.420 e. The lowest BCUT2D eigenvalue weighted by molar-refractivity contribution is 0.297. The monoisotopic (exact) mass is 366 g/mol. The number of methoxy groups -OCH3 is 2. The Labute approximate surface area is 154 Å². The summed E-state index contributed by atoms with van der Waals surface area (Å²) in [5.41, 5.74) is 1.97. The molecule has 7 nitrogen and oxygen atoms in total. The highest BCUT2D eigenvalue weighted by Crippen LogP contribution is 2.27. The number of benzene rings is 2. The van der Waals surface area contributed by atoms with E-state index in [2.05, 4.69) is 4.98 Å². The second-order valence-corrected chi connectivity index (χ2v) is 5.89. The van der Waals surface area contributed by atoms with Gasteiger partial charge in [-0.1, -0.05) is 0 Å². The molecular formula is C20H18N2O5. The van der Waals surface area contributed by atoms with Gasteiger partial charge in [0.25, 0.3) is 0 Å². The molecule has 7 heteroatoms. The van der Waals surface area contributed by atoms with E-state index in [1.807, 2.05) is 18.2 Å². The van der Waals surface area contributed by atoms with Crippen LogP contribution in [0, 0.1) is 0 Å². The lowest BCUT2D eigenvalue weighted by Gasteiger charge is -2.10. The predicted molar refractivity (Wildman–Crippen MR) is 101 cm³/mol. The number of oxazole rings is 1. The van der Waals surface area contributed by atoms with E-state index >= 15 is 0 Å². The van der Waals surface area contributed by atoms with Gasteiger partial charge in [0, 0.05) is 23.7 Å². The zero-order chi connectivity index (χ0) is 18.8. The van der Waals surface area contributed by atoms with Crippen molar-refractivity contribution in [3.05, 3.63) is 59.2 Å². The largest absolute Gasteiger partial charge is 0.497 e.